The van der Waals surface area contributed by atoms with Crippen LogP contribution in [0.1, 0.15) is 39.5 Å². The molecule has 0 spiro atoms. The molecule has 0 aromatic heterocycles. The lowest BCUT2D eigenvalue weighted by Gasteiger charge is -2.33. The van der Waals surface area contributed by atoms with Crippen molar-refractivity contribution in [2.45, 2.75) is 45.6 Å². The minimum atomic E-state index is 0.0890. The standard InChI is InChI=1S/C15H26N2O3/c1-11(2)16-14(18)12-3-5-13(6-4-12)15(19)17-7-9-20-10-8-17/h11-13H,3-10H2,1-2H3,(H,16,18). The van der Waals surface area contributed by atoms with Crippen LogP contribution in [0.5, 0.6) is 0 Å². The number of hydrogen-bond acceptors (Lipinski definition) is 3. The summed E-state index contributed by atoms with van der Waals surface area (Å²) in [4.78, 5) is 26.3. The van der Waals surface area contributed by atoms with E-state index in [1.54, 1.807) is 0 Å². The summed E-state index contributed by atoms with van der Waals surface area (Å²) in [6.07, 6.45) is 3.34. The Bertz CT molecular complexity index is 343. The van der Waals surface area contributed by atoms with E-state index in [2.05, 4.69) is 5.32 Å². The highest BCUT2D eigenvalue weighted by Crippen LogP contribution is 2.30. The minimum Gasteiger partial charge on any atom is -0.378 e. The fourth-order valence-corrected chi connectivity index (χ4v) is 3.05. The molecule has 5 nitrogen and oxygen atoms in total. The first kappa shape index (κ1) is 15.3. The second-order valence-electron chi connectivity index (χ2n) is 6.15. The average molecular weight is 282 g/mol. The first-order chi connectivity index (χ1) is 9.58. The van der Waals surface area contributed by atoms with Crippen molar-refractivity contribution in [2.24, 2.45) is 11.8 Å². The summed E-state index contributed by atoms with van der Waals surface area (Å²) >= 11 is 0. The van der Waals surface area contributed by atoms with Crippen molar-refractivity contribution in [1.82, 2.24) is 10.2 Å². The molecule has 0 aromatic carbocycles. The number of nitrogens with zero attached hydrogens (tertiary/aromatic N) is 1. The summed E-state index contributed by atoms with van der Waals surface area (Å²) in [5.74, 6) is 0.607. The van der Waals surface area contributed by atoms with Crippen molar-refractivity contribution in [3.63, 3.8) is 0 Å². The summed E-state index contributed by atoms with van der Waals surface area (Å²) in [6.45, 7) is 6.69. The molecule has 0 atom stereocenters. The molecule has 0 bridgehead atoms. The molecule has 0 aromatic rings. The van der Waals surface area contributed by atoms with E-state index in [9.17, 15) is 9.59 Å². The molecule has 1 aliphatic heterocycles. The third-order valence-corrected chi connectivity index (χ3v) is 4.20. The van der Waals surface area contributed by atoms with Gasteiger partial charge in [0.05, 0.1) is 13.2 Å². The number of hydrogen-bond donors (Lipinski definition) is 1. The SMILES string of the molecule is CC(C)NC(=O)C1CCC(C(=O)N2CCOCC2)CC1. The van der Waals surface area contributed by atoms with Gasteiger partial charge in [-0.25, -0.2) is 0 Å². The van der Waals surface area contributed by atoms with Gasteiger partial charge in [-0.3, -0.25) is 9.59 Å². The molecule has 1 saturated carbocycles. The Hall–Kier alpha value is -1.10. The number of morpholine rings is 1. The Balaban J connectivity index is 1.78. The Kier molecular flexibility index (Phi) is 5.40. The smallest absolute Gasteiger partial charge is 0.225 e. The van der Waals surface area contributed by atoms with E-state index in [1.165, 1.54) is 0 Å². The average Bonchev–Trinajstić information content (AvgIpc) is 2.47. The lowest BCUT2D eigenvalue weighted by Crippen LogP contribution is -2.45. The molecular formula is C15H26N2O3. The van der Waals surface area contributed by atoms with E-state index in [-0.39, 0.29) is 29.7 Å². The lowest BCUT2D eigenvalue weighted by atomic mass is 9.80. The van der Waals surface area contributed by atoms with Crippen molar-refractivity contribution in [1.29, 1.82) is 0 Å². The van der Waals surface area contributed by atoms with Gasteiger partial charge >= 0.3 is 0 Å². The highest BCUT2D eigenvalue weighted by Gasteiger charge is 2.32. The highest BCUT2D eigenvalue weighted by atomic mass is 16.5. The van der Waals surface area contributed by atoms with Crippen LogP contribution in [0.15, 0.2) is 0 Å². The predicted octanol–water partition coefficient (Wildman–Crippen LogP) is 1.18. The van der Waals surface area contributed by atoms with Crippen LogP contribution in [0.2, 0.25) is 0 Å². The van der Waals surface area contributed by atoms with Crippen LogP contribution >= 0.6 is 0 Å². The molecule has 2 amide bonds. The molecule has 2 rings (SSSR count). The van der Waals surface area contributed by atoms with Crippen LogP contribution < -0.4 is 5.32 Å². The van der Waals surface area contributed by atoms with Gasteiger partial charge < -0.3 is 15.0 Å². The number of nitrogens with one attached hydrogen (secondary N) is 1. The molecular weight excluding hydrogens is 256 g/mol. The van der Waals surface area contributed by atoms with Crippen LogP contribution in [0.3, 0.4) is 0 Å². The summed E-state index contributed by atoms with van der Waals surface area (Å²) in [7, 11) is 0. The van der Waals surface area contributed by atoms with Crippen LogP contribution in [0, 0.1) is 11.8 Å². The maximum atomic E-state index is 12.4. The topological polar surface area (TPSA) is 58.6 Å². The van der Waals surface area contributed by atoms with Gasteiger partial charge in [0.2, 0.25) is 11.8 Å². The molecule has 20 heavy (non-hydrogen) atoms. The Morgan fingerprint density at radius 2 is 1.60 bits per heavy atom. The monoisotopic (exact) mass is 282 g/mol. The summed E-state index contributed by atoms with van der Waals surface area (Å²) in [6, 6.07) is 0.190. The Morgan fingerprint density at radius 1 is 1.05 bits per heavy atom. The van der Waals surface area contributed by atoms with Gasteiger partial charge in [-0.2, -0.15) is 0 Å². The summed E-state index contributed by atoms with van der Waals surface area (Å²) < 4.78 is 5.28. The van der Waals surface area contributed by atoms with Gasteiger partial charge in [0.1, 0.15) is 0 Å². The number of amides is 2. The molecule has 1 heterocycles. The van der Waals surface area contributed by atoms with Gasteiger partial charge in [0, 0.05) is 31.0 Å². The molecule has 0 radical (unpaired) electrons. The Morgan fingerprint density at radius 3 is 2.15 bits per heavy atom. The van der Waals surface area contributed by atoms with E-state index in [1.807, 2.05) is 18.7 Å². The van der Waals surface area contributed by atoms with Gasteiger partial charge in [-0.05, 0) is 39.5 Å². The van der Waals surface area contributed by atoms with Gasteiger partial charge in [0.15, 0.2) is 0 Å². The van der Waals surface area contributed by atoms with Gasteiger partial charge in [-0.15, -0.1) is 0 Å². The molecule has 1 aliphatic carbocycles. The Labute approximate surface area is 121 Å². The quantitative estimate of drug-likeness (QED) is 0.845. The van der Waals surface area contributed by atoms with Crippen molar-refractivity contribution in [3.8, 4) is 0 Å². The number of carbonyl (C=O) groups excluding carboxylic acids is 2. The molecule has 2 aliphatic rings. The van der Waals surface area contributed by atoms with Crippen LogP contribution in [-0.2, 0) is 14.3 Å². The molecule has 0 unspecified atom stereocenters. The van der Waals surface area contributed by atoms with Crippen molar-refractivity contribution < 1.29 is 14.3 Å². The first-order valence-corrected chi connectivity index (χ1v) is 7.75. The zero-order chi connectivity index (χ0) is 14.5. The molecule has 114 valence electrons. The maximum absolute atomic E-state index is 12.4. The maximum Gasteiger partial charge on any atom is 0.225 e. The fourth-order valence-electron chi connectivity index (χ4n) is 3.05. The highest BCUT2D eigenvalue weighted by molar-refractivity contribution is 5.81. The molecule has 2 fully saturated rings. The summed E-state index contributed by atoms with van der Waals surface area (Å²) in [5.41, 5.74) is 0. The lowest BCUT2D eigenvalue weighted by molar-refractivity contribution is -0.142. The normalized spacial score (nSPS) is 27.4. The van der Waals surface area contributed by atoms with Crippen LogP contribution in [0.4, 0.5) is 0 Å². The van der Waals surface area contributed by atoms with E-state index in [0.717, 1.165) is 25.7 Å². The van der Waals surface area contributed by atoms with E-state index in [4.69, 9.17) is 4.74 Å². The van der Waals surface area contributed by atoms with E-state index >= 15 is 0 Å². The van der Waals surface area contributed by atoms with Crippen molar-refractivity contribution in [3.05, 3.63) is 0 Å². The molecule has 1 saturated heterocycles. The van der Waals surface area contributed by atoms with E-state index in [0.29, 0.717) is 26.3 Å². The predicted molar refractivity (Wildman–Crippen MR) is 76.1 cm³/mol. The van der Waals surface area contributed by atoms with Crippen molar-refractivity contribution >= 4 is 11.8 Å². The number of carbonyl (C=O) groups is 2. The second-order valence-corrected chi connectivity index (χ2v) is 6.15. The van der Waals surface area contributed by atoms with Gasteiger partial charge in [-0.1, -0.05) is 0 Å². The fraction of sp³-hybridized carbons (Fsp3) is 0.867. The largest absolute Gasteiger partial charge is 0.378 e. The zero-order valence-corrected chi connectivity index (χ0v) is 12.6. The molecule has 5 heteroatoms. The first-order valence-electron chi connectivity index (χ1n) is 7.75. The second kappa shape index (κ2) is 7.07. The number of ether oxygens (including phenoxy) is 1. The third-order valence-electron chi connectivity index (χ3n) is 4.20. The zero-order valence-electron chi connectivity index (χ0n) is 12.6. The third kappa shape index (κ3) is 3.95. The van der Waals surface area contributed by atoms with Crippen molar-refractivity contribution in [2.75, 3.05) is 26.3 Å². The number of rotatable bonds is 3. The summed E-state index contributed by atoms with van der Waals surface area (Å²) in [5, 5.41) is 2.97. The van der Waals surface area contributed by atoms with Gasteiger partial charge in [0.25, 0.3) is 0 Å². The van der Waals surface area contributed by atoms with Crippen LogP contribution in [-0.4, -0.2) is 49.1 Å². The van der Waals surface area contributed by atoms with Crippen LogP contribution in [0.25, 0.3) is 0 Å². The van der Waals surface area contributed by atoms with E-state index < -0.39 is 0 Å². The minimum absolute atomic E-state index is 0.0890. The molecule has 1 N–H and O–H groups in total.